The molecule has 1 aliphatic rings. The third kappa shape index (κ3) is 3.19. The Hall–Kier alpha value is -3.45. The van der Waals surface area contributed by atoms with Gasteiger partial charge in [-0.1, -0.05) is 0 Å². The third-order valence-electron chi connectivity index (χ3n) is 5.55. The van der Waals surface area contributed by atoms with Crippen LogP contribution in [0.2, 0.25) is 0 Å². The molecule has 1 atom stereocenters. The van der Waals surface area contributed by atoms with Gasteiger partial charge in [0.2, 0.25) is 0 Å². The van der Waals surface area contributed by atoms with Crippen LogP contribution in [0.1, 0.15) is 28.6 Å². The summed E-state index contributed by atoms with van der Waals surface area (Å²) in [6.07, 6.45) is 6.21. The first-order valence-corrected chi connectivity index (χ1v) is 9.59. The summed E-state index contributed by atoms with van der Waals surface area (Å²) < 4.78 is 5.33. The minimum Gasteiger partial charge on any atom is -0.497 e. The SMILES string of the molecule is COc1ccc2[nH]c(=O)c(CN3CCc4[nH]cnc4C3c3ccncc3)cc2c1. The van der Waals surface area contributed by atoms with E-state index < -0.39 is 0 Å². The Kier molecular flexibility index (Phi) is 4.37. The lowest BCUT2D eigenvalue weighted by Gasteiger charge is -2.35. The molecule has 3 aromatic heterocycles. The monoisotopic (exact) mass is 387 g/mol. The fraction of sp³-hybridized carbons (Fsp3) is 0.227. The van der Waals surface area contributed by atoms with E-state index in [1.54, 1.807) is 25.8 Å². The molecule has 0 bridgehead atoms. The molecule has 1 aliphatic heterocycles. The lowest BCUT2D eigenvalue weighted by molar-refractivity contribution is 0.199. The molecular weight excluding hydrogens is 366 g/mol. The zero-order chi connectivity index (χ0) is 19.8. The van der Waals surface area contributed by atoms with Gasteiger partial charge in [-0.2, -0.15) is 0 Å². The van der Waals surface area contributed by atoms with Crippen molar-refractivity contribution in [3.8, 4) is 5.75 Å². The molecule has 4 aromatic rings. The van der Waals surface area contributed by atoms with E-state index in [1.807, 2.05) is 36.4 Å². The van der Waals surface area contributed by atoms with Gasteiger partial charge in [-0.15, -0.1) is 0 Å². The predicted molar refractivity (Wildman–Crippen MR) is 110 cm³/mol. The second-order valence-corrected chi connectivity index (χ2v) is 7.25. The van der Waals surface area contributed by atoms with Crippen molar-refractivity contribution in [3.05, 3.63) is 88.0 Å². The maximum absolute atomic E-state index is 12.8. The van der Waals surface area contributed by atoms with Crippen LogP contribution in [-0.2, 0) is 13.0 Å². The summed E-state index contributed by atoms with van der Waals surface area (Å²) in [5.41, 5.74) is 4.75. The number of methoxy groups -OCH3 is 1. The number of rotatable bonds is 4. The Bertz CT molecular complexity index is 1210. The molecule has 5 rings (SSSR count). The fourth-order valence-corrected chi connectivity index (χ4v) is 4.10. The second-order valence-electron chi connectivity index (χ2n) is 7.25. The third-order valence-corrected chi connectivity index (χ3v) is 5.55. The number of H-pyrrole nitrogens is 2. The van der Waals surface area contributed by atoms with Crippen molar-refractivity contribution in [2.45, 2.75) is 19.0 Å². The molecule has 0 aliphatic carbocycles. The minimum atomic E-state index is -0.0658. The van der Waals surface area contributed by atoms with Gasteiger partial charge in [0.15, 0.2) is 0 Å². The van der Waals surface area contributed by atoms with E-state index in [0.29, 0.717) is 6.54 Å². The van der Waals surface area contributed by atoms with Crippen LogP contribution in [0.15, 0.2) is 59.9 Å². The van der Waals surface area contributed by atoms with Crippen LogP contribution >= 0.6 is 0 Å². The zero-order valence-corrected chi connectivity index (χ0v) is 16.1. The number of pyridine rings is 2. The molecule has 7 nitrogen and oxygen atoms in total. The van der Waals surface area contributed by atoms with Gasteiger partial charge in [0.1, 0.15) is 5.75 Å². The molecule has 1 unspecified atom stereocenters. The topological polar surface area (TPSA) is 86.9 Å². The van der Waals surface area contributed by atoms with Crippen LogP contribution in [0, 0.1) is 0 Å². The van der Waals surface area contributed by atoms with E-state index in [4.69, 9.17) is 4.74 Å². The number of hydrogen-bond acceptors (Lipinski definition) is 5. The maximum Gasteiger partial charge on any atom is 0.252 e. The molecule has 0 saturated carbocycles. The van der Waals surface area contributed by atoms with Gasteiger partial charge in [-0.3, -0.25) is 14.7 Å². The molecule has 4 heterocycles. The largest absolute Gasteiger partial charge is 0.497 e. The lowest BCUT2D eigenvalue weighted by Crippen LogP contribution is -2.37. The van der Waals surface area contributed by atoms with Crippen molar-refractivity contribution in [2.24, 2.45) is 0 Å². The van der Waals surface area contributed by atoms with Crippen LogP contribution in [0.3, 0.4) is 0 Å². The lowest BCUT2D eigenvalue weighted by atomic mass is 9.96. The summed E-state index contributed by atoms with van der Waals surface area (Å²) in [5, 5.41) is 0.955. The number of imidazole rings is 1. The highest BCUT2D eigenvalue weighted by atomic mass is 16.5. The highest BCUT2D eigenvalue weighted by Crippen LogP contribution is 2.34. The highest BCUT2D eigenvalue weighted by molar-refractivity contribution is 5.80. The Balaban J connectivity index is 1.55. The molecule has 146 valence electrons. The number of aromatic nitrogens is 4. The summed E-state index contributed by atoms with van der Waals surface area (Å²) in [6.45, 7) is 1.36. The molecular formula is C22H21N5O2. The summed E-state index contributed by atoms with van der Waals surface area (Å²) in [4.78, 5) is 30.0. The molecule has 2 N–H and O–H groups in total. The summed E-state index contributed by atoms with van der Waals surface area (Å²) in [7, 11) is 1.64. The smallest absolute Gasteiger partial charge is 0.252 e. The van der Waals surface area contributed by atoms with E-state index >= 15 is 0 Å². The van der Waals surface area contributed by atoms with Crippen LogP contribution in [0.4, 0.5) is 0 Å². The predicted octanol–water partition coefficient (Wildman–Crippen LogP) is 2.80. The molecule has 29 heavy (non-hydrogen) atoms. The minimum absolute atomic E-state index is 0.0200. The second kappa shape index (κ2) is 7.18. The first kappa shape index (κ1) is 17.6. The van der Waals surface area contributed by atoms with E-state index in [0.717, 1.165) is 52.1 Å². The number of nitrogens with one attached hydrogen (secondary N) is 2. The molecule has 0 amide bonds. The molecule has 0 fully saturated rings. The molecule has 0 radical (unpaired) electrons. The first-order chi connectivity index (χ1) is 14.2. The van der Waals surface area contributed by atoms with Crippen molar-refractivity contribution in [2.75, 3.05) is 13.7 Å². The molecule has 7 heteroatoms. The number of benzene rings is 1. The quantitative estimate of drug-likeness (QED) is 0.562. The fourth-order valence-electron chi connectivity index (χ4n) is 4.10. The van der Waals surface area contributed by atoms with Crippen molar-refractivity contribution < 1.29 is 4.74 Å². The van der Waals surface area contributed by atoms with Crippen LogP contribution in [0.5, 0.6) is 5.75 Å². The average Bonchev–Trinajstić information content (AvgIpc) is 3.23. The Morgan fingerprint density at radius 1 is 1.21 bits per heavy atom. The number of nitrogens with zero attached hydrogens (tertiary/aromatic N) is 3. The van der Waals surface area contributed by atoms with Crippen LogP contribution in [-0.4, -0.2) is 38.5 Å². The average molecular weight is 387 g/mol. The molecule has 0 saturated heterocycles. The molecule has 0 spiro atoms. The van der Waals surface area contributed by atoms with Crippen molar-refractivity contribution in [3.63, 3.8) is 0 Å². The van der Waals surface area contributed by atoms with Gasteiger partial charge in [0.05, 0.1) is 25.2 Å². The maximum atomic E-state index is 12.8. The standard InChI is InChI=1S/C22H21N5O2/c1-29-17-2-3-18-15(11-17)10-16(22(28)26-18)12-27-9-6-19-20(25-13-24-19)21(27)14-4-7-23-8-5-14/h2-5,7-8,10-11,13,21H,6,9,12H2,1H3,(H,24,25)(H,26,28). The van der Waals surface area contributed by atoms with E-state index in [2.05, 4.69) is 24.8 Å². The van der Waals surface area contributed by atoms with Crippen molar-refractivity contribution in [1.29, 1.82) is 0 Å². The Morgan fingerprint density at radius 3 is 2.90 bits per heavy atom. The van der Waals surface area contributed by atoms with E-state index in [1.165, 1.54) is 0 Å². The number of hydrogen-bond donors (Lipinski definition) is 2. The summed E-state index contributed by atoms with van der Waals surface area (Å²) >= 11 is 0. The van der Waals surface area contributed by atoms with Gasteiger partial charge in [0, 0.05) is 54.1 Å². The highest BCUT2D eigenvalue weighted by Gasteiger charge is 2.31. The molecule has 1 aromatic carbocycles. The number of ether oxygens (including phenoxy) is 1. The van der Waals surface area contributed by atoms with Gasteiger partial charge in [-0.05, 0) is 42.0 Å². The van der Waals surface area contributed by atoms with Crippen molar-refractivity contribution >= 4 is 10.9 Å². The van der Waals surface area contributed by atoms with Crippen LogP contribution < -0.4 is 10.3 Å². The van der Waals surface area contributed by atoms with E-state index in [-0.39, 0.29) is 11.6 Å². The Labute approximate surface area is 167 Å². The van der Waals surface area contributed by atoms with Crippen molar-refractivity contribution in [1.82, 2.24) is 24.8 Å². The Morgan fingerprint density at radius 2 is 2.07 bits per heavy atom. The van der Waals surface area contributed by atoms with Crippen LogP contribution in [0.25, 0.3) is 10.9 Å². The van der Waals surface area contributed by atoms with E-state index in [9.17, 15) is 4.79 Å². The van der Waals surface area contributed by atoms with Gasteiger partial charge in [-0.25, -0.2) is 4.98 Å². The van der Waals surface area contributed by atoms with Gasteiger partial charge in [0.25, 0.3) is 5.56 Å². The summed E-state index contributed by atoms with van der Waals surface area (Å²) in [5.74, 6) is 0.768. The first-order valence-electron chi connectivity index (χ1n) is 9.59. The van der Waals surface area contributed by atoms with Gasteiger partial charge >= 0.3 is 0 Å². The zero-order valence-electron chi connectivity index (χ0n) is 16.1. The normalized spacial score (nSPS) is 16.7. The summed E-state index contributed by atoms with van der Waals surface area (Å²) in [6, 6.07) is 11.6. The number of fused-ring (bicyclic) bond motifs is 2. The number of aromatic amines is 2. The van der Waals surface area contributed by atoms with Gasteiger partial charge < -0.3 is 14.7 Å².